The zero-order valence-electron chi connectivity index (χ0n) is 13.6. The van der Waals surface area contributed by atoms with Crippen molar-refractivity contribution in [3.63, 3.8) is 0 Å². The number of hydrogen-bond donors (Lipinski definition) is 0. The molecule has 2 aromatic rings. The van der Waals surface area contributed by atoms with Crippen LogP contribution in [-0.4, -0.2) is 7.05 Å². The van der Waals surface area contributed by atoms with Crippen LogP contribution >= 0.6 is 0 Å². The summed E-state index contributed by atoms with van der Waals surface area (Å²) in [6, 6.07) is 15.2. The summed E-state index contributed by atoms with van der Waals surface area (Å²) in [6.45, 7) is 6.16. The van der Waals surface area contributed by atoms with Crippen molar-refractivity contribution in [1.82, 2.24) is 0 Å². The maximum atomic E-state index is 2.30. The van der Waals surface area contributed by atoms with Crippen LogP contribution in [0.4, 0.5) is 11.4 Å². The molecule has 21 heavy (non-hydrogen) atoms. The Morgan fingerprint density at radius 1 is 0.905 bits per heavy atom. The molecule has 2 aromatic carbocycles. The van der Waals surface area contributed by atoms with Gasteiger partial charge in [-0.25, -0.2) is 0 Å². The van der Waals surface area contributed by atoms with Gasteiger partial charge in [0.15, 0.2) is 0 Å². The molecule has 3 rings (SSSR count). The summed E-state index contributed by atoms with van der Waals surface area (Å²) >= 11 is 0. The molecule has 110 valence electrons. The molecule has 0 heterocycles. The Labute approximate surface area is 128 Å². The molecule has 0 bridgehead atoms. The monoisotopic (exact) mass is 279 g/mol. The van der Waals surface area contributed by atoms with Gasteiger partial charge < -0.3 is 4.90 Å². The van der Waals surface area contributed by atoms with Gasteiger partial charge in [0, 0.05) is 24.0 Å². The second kappa shape index (κ2) is 7.12. The fourth-order valence-electron chi connectivity index (χ4n) is 2.81. The van der Waals surface area contributed by atoms with Gasteiger partial charge in [-0.05, 0) is 43.0 Å². The van der Waals surface area contributed by atoms with E-state index in [0.29, 0.717) is 0 Å². The van der Waals surface area contributed by atoms with Crippen molar-refractivity contribution in [3.8, 4) is 0 Å². The third-order valence-electron chi connectivity index (χ3n) is 3.88. The summed E-state index contributed by atoms with van der Waals surface area (Å²) in [5.41, 5.74) is 6.71. The largest absolute Gasteiger partial charge is 0.344 e. The minimum absolute atomic E-state index is 1.15. The lowest BCUT2D eigenvalue weighted by Crippen LogP contribution is -2.13. The molecule has 0 aliphatic heterocycles. The molecule has 0 saturated heterocycles. The topological polar surface area (TPSA) is 3.24 Å². The predicted molar refractivity (Wildman–Crippen MR) is 94.4 cm³/mol. The Bertz CT molecular complexity index is 625. The zero-order valence-corrected chi connectivity index (χ0v) is 13.6. The molecule has 0 spiro atoms. The number of benzene rings is 2. The predicted octanol–water partition coefficient (Wildman–Crippen LogP) is 5.75. The van der Waals surface area contributed by atoms with Gasteiger partial charge in [-0.1, -0.05) is 56.3 Å². The molecule has 1 aliphatic carbocycles. The first-order chi connectivity index (χ1) is 10.3. The quantitative estimate of drug-likeness (QED) is 0.676. The third-order valence-corrected chi connectivity index (χ3v) is 3.88. The van der Waals surface area contributed by atoms with Crippen LogP contribution in [0.2, 0.25) is 0 Å². The fraction of sp³-hybridized carbons (Fsp3) is 0.300. The summed E-state index contributed by atoms with van der Waals surface area (Å²) in [5, 5.41) is 0. The number of rotatable bonds is 2. The molecule has 0 saturated carbocycles. The lowest BCUT2D eigenvalue weighted by Gasteiger charge is -2.25. The summed E-state index contributed by atoms with van der Waals surface area (Å²) in [4.78, 5) is 2.30. The van der Waals surface area contributed by atoms with Crippen LogP contribution in [0.3, 0.4) is 0 Å². The average molecular weight is 279 g/mol. The molecule has 0 unspecified atom stereocenters. The number of nitrogens with zero attached hydrogens (tertiary/aromatic N) is 1. The Kier molecular flexibility index (Phi) is 5.21. The maximum Gasteiger partial charge on any atom is 0.0484 e. The van der Waals surface area contributed by atoms with Crippen molar-refractivity contribution in [1.29, 1.82) is 0 Å². The minimum atomic E-state index is 1.15. The van der Waals surface area contributed by atoms with E-state index < -0.39 is 0 Å². The highest BCUT2D eigenvalue weighted by Gasteiger charge is 2.13. The van der Waals surface area contributed by atoms with Gasteiger partial charge in [-0.2, -0.15) is 0 Å². The molecular weight excluding hydrogens is 254 g/mol. The van der Waals surface area contributed by atoms with Crippen LogP contribution in [0.1, 0.15) is 37.0 Å². The van der Waals surface area contributed by atoms with E-state index in [-0.39, 0.29) is 0 Å². The summed E-state index contributed by atoms with van der Waals surface area (Å²) in [5.74, 6) is 0. The summed E-state index contributed by atoms with van der Waals surface area (Å²) in [7, 11) is 2.15. The van der Waals surface area contributed by atoms with E-state index in [0.717, 1.165) is 12.8 Å². The van der Waals surface area contributed by atoms with Crippen LogP contribution in [0, 0.1) is 6.92 Å². The fourth-order valence-corrected chi connectivity index (χ4v) is 2.81. The molecule has 0 N–H and O–H groups in total. The highest BCUT2D eigenvalue weighted by Crippen LogP contribution is 2.33. The SMILES string of the molecule is CC.Cc1ccccc1N(C)c1cccc2c1C=CCC2. The highest BCUT2D eigenvalue weighted by atomic mass is 15.1. The lowest BCUT2D eigenvalue weighted by atomic mass is 9.95. The molecule has 0 amide bonds. The van der Waals surface area contributed by atoms with Gasteiger partial charge in [0.1, 0.15) is 0 Å². The second-order valence-corrected chi connectivity index (χ2v) is 5.14. The van der Waals surface area contributed by atoms with E-state index in [1.807, 2.05) is 13.8 Å². The Balaban J connectivity index is 0.000000774. The molecule has 0 fully saturated rings. The number of fused-ring (bicyclic) bond motifs is 1. The average Bonchev–Trinajstić information content (AvgIpc) is 2.56. The van der Waals surface area contributed by atoms with Crippen molar-refractivity contribution in [2.24, 2.45) is 0 Å². The summed E-state index contributed by atoms with van der Waals surface area (Å²) in [6.07, 6.45) is 6.85. The number of anilines is 2. The highest BCUT2D eigenvalue weighted by molar-refractivity contribution is 5.77. The number of hydrogen-bond acceptors (Lipinski definition) is 1. The molecule has 0 atom stereocenters. The molecule has 0 radical (unpaired) electrons. The summed E-state index contributed by atoms with van der Waals surface area (Å²) < 4.78 is 0. The zero-order chi connectivity index (χ0) is 15.2. The second-order valence-electron chi connectivity index (χ2n) is 5.14. The first kappa shape index (κ1) is 15.4. The number of aryl methyl sites for hydroxylation is 2. The Morgan fingerprint density at radius 2 is 1.62 bits per heavy atom. The van der Waals surface area contributed by atoms with Crippen LogP contribution in [-0.2, 0) is 6.42 Å². The third kappa shape index (κ3) is 3.18. The Hall–Kier alpha value is -2.02. The van der Waals surface area contributed by atoms with Gasteiger partial charge in [0.2, 0.25) is 0 Å². The first-order valence-electron chi connectivity index (χ1n) is 7.85. The molecule has 1 aliphatic rings. The van der Waals surface area contributed by atoms with Crippen molar-refractivity contribution < 1.29 is 0 Å². The van der Waals surface area contributed by atoms with E-state index in [1.165, 1.54) is 28.1 Å². The molecule has 1 heteroatoms. The normalized spacial score (nSPS) is 12.2. The van der Waals surface area contributed by atoms with Crippen LogP contribution in [0.15, 0.2) is 48.5 Å². The van der Waals surface area contributed by atoms with Crippen molar-refractivity contribution >= 4 is 17.5 Å². The smallest absolute Gasteiger partial charge is 0.0484 e. The van der Waals surface area contributed by atoms with Crippen molar-refractivity contribution in [3.05, 3.63) is 65.2 Å². The molecule has 1 nitrogen and oxygen atoms in total. The van der Waals surface area contributed by atoms with E-state index in [9.17, 15) is 0 Å². The van der Waals surface area contributed by atoms with Gasteiger partial charge in [-0.3, -0.25) is 0 Å². The minimum Gasteiger partial charge on any atom is -0.344 e. The number of allylic oxidation sites excluding steroid dienone is 1. The number of para-hydroxylation sites is 1. The standard InChI is InChI=1S/C18H19N.C2H6/c1-14-8-3-6-12-17(14)19(2)18-13-7-10-15-9-4-5-11-16(15)18;1-2/h3,5-8,10-13H,4,9H2,1-2H3;1-2H3. The molecule has 0 aromatic heterocycles. The van der Waals surface area contributed by atoms with Gasteiger partial charge in [0.25, 0.3) is 0 Å². The Morgan fingerprint density at radius 3 is 2.38 bits per heavy atom. The van der Waals surface area contributed by atoms with Gasteiger partial charge in [-0.15, -0.1) is 0 Å². The molecular formula is C20H25N. The van der Waals surface area contributed by atoms with E-state index in [4.69, 9.17) is 0 Å². The van der Waals surface area contributed by atoms with Crippen LogP contribution in [0.5, 0.6) is 0 Å². The van der Waals surface area contributed by atoms with Crippen LogP contribution in [0.25, 0.3) is 6.08 Å². The van der Waals surface area contributed by atoms with Crippen LogP contribution < -0.4 is 4.90 Å². The van der Waals surface area contributed by atoms with Crippen molar-refractivity contribution in [2.75, 3.05) is 11.9 Å². The van der Waals surface area contributed by atoms with Crippen molar-refractivity contribution in [2.45, 2.75) is 33.6 Å². The first-order valence-corrected chi connectivity index (χ1v) is 7.85. The van der Waals surface area contributed by atoms with E-state index >= 15 is 0 Å². The van der Waals surface area contributed by atoms with E-state index in [1.54, 1.807) is 0 Å². The van der Waals surface area contributed by atoms with Gasteiger partial charge >= 0.3 is 0 Å². The van der Waals surface area contributed by atoms with Gasteiger partial charge in [0.05, 0.1) is 0 Å². The lowest BCUT2D eigenvalue weighted by molar-refractivity contribution is 0.981. The maximum absolute atomic E-state index is 2.30. The van der Waals surface area contributed by atoms with E-state index in [2.05, 4.69) is 73.5 Å².